The fourth-order valence-corrected chi connectivity index (χ4v) is 4.07. The van der Waals surface area contributed by atoms with Crippen LogP contribution in [0.3, 0.4) is 0 Å². The lowest BCUT2D eigenvalue weighted by Gasteiger charge is -2.26. The predicted molar refractivity (Wildman–Crippen MR) is 99.8 cm³/mol. The molecule has 1 aromatic heterocycles. The summed E-state index contributed by atoms with van der Waals surface area (Å²) in [6.45, 7) is 7.12. The lowest BCUT2D eigenvalue weighted by molar-refractivity contribution is -0.118. The molecule has 7 heteroatoms. The Morgan fingerprint density at radius 2 is 2.00 bits per heavy atom. The number of amides is 2. The normalized spacial score (nSPS) is 19.6. The van der Waals surface area contributed by atoms with Crippen LogP contribution in [-0.4, -0.2) is 46.3 Å². The van der Waals surface area contributed by atoms with E-state index in [9.17, 15) is 9.59 Å². The van der Waals surface area contributed by atoms with Crippen molar-refractivity contribution in [1.82, 2.24) is 20.0 Å². The first kappa shape index (κ1) is 18.6. The fourth-order valence-electron chi connectivity index (χ4n) is 4.07. The number of nitrogens with two attached hydrogens (primary N) is 1. The summed E-state index contributed by atoms with van der Waals surface area (Å²) in [6, 6.07) is -1.29. The highest BCUT2D eigenvalue weighted by Crippen LogP contribution is 2.36. The minimum atomic E-state index is -0.883. The van der Waals surface area contributed by atoms with E-state index < -0.39 is 18.0 Å². The van der Waals surface area contributed by atoms with E-state index in [0.717, 1.165) is 43.7 Å². The van der Waals surface area contributed by atoms with Crippen LogP contribution in [0.1, 0.15) is 61.9 Å². The van der Waals surface area contributed by atoms with Gasteiger partial charge in [-0.1, -0.05) is 25.8 Å². The van der Waals surface area contributed by atoms with Crippen molar-refractivity contribution in [2.45, 2.75) is 64.0 Å². The Morgan fingerprint density at radius 1 is 1.31 bits per heavy atom. The van der Waals surface area contributed by atoms with Crippen LogP contribution in [0.2, 0.25) is 0 Å². The number of rotatable bonds is 4. The molecule has 2 aliphatic rings. The van der Waals surface area contributed by atoms with E-state index in [1.54, 1.807) is 6.92 Å². The third-order valence-electron chi connectivity index (χ3n) is 5.51. The third-order valence-corrected chi connectivity index (χ3v) is 5.51. The summed E-state index contributed by atoms with van der Waals surface area (Å²) in [5.74, 6) is -0.190. The molecule has 3 rings (SSSR count). The molecule has 0 unspecified atom stereocenters. The van der Waals surface area contributed by atoms with Crippen LogP contribution < -0.4 is 11.1 Å². The zero-order valence-electron chi connectivity index (χ0n) is 15.8. The van der Waals surface area contributed by atoms with Crippen LogP contribution in [0, 0.1) is 0 Å². The Balaban J connectivity index is 1.92. The molecule has 26 heavy (non-hydrogen) atoms. The largest absolute Gasteiger partial charge is 0.368 e. The fraction of sp³-hybridized carbons (Fsp3) is 0.632. The van der Waals surface area contributed by atoms with Crippen molar-refractivity contribution in [3.8, 4) is 0 Å². The second-order valence-electron chi connectivity index (χ2n) is 7.68. The molecule has 2 heterocycles. The van der Waals surface area contributed by atoms with E-state index in [0.29, 0.717) is 11.5 Å². The van der Waals surface area contributed by atoms with Crippen LogP contribution in [0.4, 0.5) is 4.79 Å². The van der Waals surface area contributed by atoms with E-state index in [2.05, 4.69) is 23.8 Å². The highest BCUT2D eigenvalue weighted by molar-refractivity contribution is 5.89. The van der Waals surface area contributed by atoms with Crippen molar-refractivity contribution in [3.63, 3.8) is 0 Å². The van der Waals surface area contributed by atoms with E-state index in [-0.39, 0.29) is 0 Å². The van der Waals surface area contributed by atoms with E-state index in [1.807, 2.05) is 0 Å². The van der Waals surface area contributed by atoms with Crippen molar-refractivity contribution in [2.24, 2.45) is 5.73 Å². The highest BCUT2D eigenvalue weighted by atomic mass is 16.2. The number of hydrogen-bond donors (Lipinski definition) is 2. The zero-order valence-corrected chi connectivity index (χ0v) is 15.8. The van der Waals surface area contributed by atoms with Gasteiger partial charge in [0.05, 0.1) is 11.4 Å². The topological polar surface area (TPSA) is 93.2 Å². The van der Waals surface area contributed by atoms with Crippen molar-refractivity contribution in [3.05, 3.63) is 29.1 Å². The van der Waals surface area contributed by atoms with E-state index >= 15 is 0 Å². The van der Waals surface area contributed by atoms with Gasteiger partial charge in [-0.2, -0.15) is 9.78 Å². The molecule has 2 amide bonds. The molecule has 1 fully saturated rings. The van der Waals surface area contributed by atoms with Gasteiger partial charge in [-0.25, -0.2) is 4.79 Å². The maximum Gasteiger partial charge on any atom is 0.343 e. The number of aromatic nitrogens is 2. The summed E-state index contributed by atoms with van der Waals surface area (Å²) in [5, 5.41) is 7.40. The number of likely N-dealkylation sites (N-methyl/N-ethyl adjacent to an activating group) is 1. The average Bonchev–Trinajstić information content (AvgIpc) is 2.98. The van der Waals surface area contributed by atoms with Crippen molar-refractivity contribution in [2.75, 3.05) is 13.6 Å². The molecule has 1 saturated carbocycles. The number of carbonyl (C=O) groups excluding carboxylic acids is 2. The molecule has 0 aromatic carbocycles. The highest BCUT2D eigenvalue weighted by Gasteiger charge is 2.31. The second kappa shape index (κ2) is 7.61. The van der Waals surface area contributed by atoms with Crippen LogP contribution in [0.15, 0.2) is 12.2 Å². The summed E-state index contributed by atoms with van der Waals surface area (Å²) in [6.07, 6.45) is 6.74. The van der Waals surface area contributed by atoms with Gasteiger partial charge in [0, 0.05) is 31.0 Å². The zero-order chi connectivity index (χ0) is 18.8. The second-order valence-corrected chi connectivity index (χ2v) is 7.68. The quantitative estimate of drug-likeness (QED) is 0.803. The standard InChI is InChI=1S/C19H29N5O2/c1-12(2)16(18(20)25)21-19(26)24-15-9-10-23(3)11-14(15)17(22-24)13-7-5-4-6-8-13/h13,16H,1,4-11H2,2-3H3,(H2,20,25)(H,21,26)/t16-/m0/s1. The van der Waals surface area contributed by atoms with Gasteiger partial charge in [0.15, 0.2) is 0 Å². The summed E-state index contributed by atoms with van der Waals surface area (Å²) in [7, 11) is 2.09. The van der Waals surface area contributed by atoms with Crippen LogP contribution in [0.25, 0.3) is 0 Å². The van der Waals surface area contributed by atoms with Gasteiger partial charge < -0.3 is 16.0 Å². The summed E-state index contributed by atoms with van der Waals surface area (Å²) in [5.41, 5.74) is 9.12. The van der Waals surface area contributed by atoms with Gasteiger partial charge in [0.25, 0.3) is 0 Å². The van der Waals surface area contributed by atoms with E-state index in [1.165, 1.54) is 29.5 Å². The Hall–Kier alpha value is -2.15. The van der Waals surface area contributed by atoms with Gasteiger partial charge in [-0.3, -0.25) is 4.79 Å². The Labute approximate surface area is 154 Å². The molecular formula is C19H29N5O2. The van der Waals surface area contributed by atoms with Gasteiger partial charge in [0.1, 0.15) is 6.04 Å². The molecule has 1 aliphatic heterocycles. The Kier molecular flexibility index (Phi) is 5.46. The number of nitrogens with zero attached hydrogens (tertiary/aromatic N) is 3. The monoisotopic (exact) mass is 359 g/mol. The number of fused-ring (bicyclic) bond motifs is 1. The minimum Gasteiger partial charge on any atom is -0.368 e. The number of hydrogen-bond acceptors (Lipinski definition) is 4. The maximum atomic E-state index is 12.8. The molecule has 0 saturated heterocycles. The molecule has 1 atom stereocenters. The SMILES string of the molecule is C=C(C)[C@H](NC(=O)n1nc(C2CCCCC2)c2c1CCN(C)C2)C(N)=O. The molecule has 1 aliphatic carbocycles. The Morgan fingerprint density at radius 3 is 2.62 bits per heavy atom. The smallest absolute Gasteiger partial charge is 0.343 e. The lowest BCUT2D eigenvalue weighted by Crippen LogP contribution is -2.47. The number of nitrogens with one attached hydrogen (secondary N) is 1. The van der Waals surface area contributed by atoms with Gasteiger partial charge >= 0.3 is 6.03 Å². The Bertz CT molecular complexity index is 704. The average molecular weight is 359 g/mol. The molecular weight excluding hydrogens is 330 g/mol. The summed E-state index contributed by atoms with van der Waals surface area (Å²) >= 11 is 0. The van der Waals surface area contributed by atoms with Crippen molar-refractivity contribution < 1.29 is 9.59 Å². The molecule has 0 radical (unpaired) electrons. The minimum absolute atomic E-state index is 0.403. The number of carbonyl (C=O) groups is 2. The van der Waals surface area contributed by atoms with Gasteiger partial charge in [0.2, 0.25) is 5.91 Å². The molecule has 7 nitrogen and oxygen atoms in total. The summed E-state index contributed by atoms with van der Waals surface area (Å²) in [4.78, 5) is 26.7. The maximum absolute atomic E-state index is 12.8. The van der Waals surface area contributed by atoms with Gasteiger partial charge in [-0.15, -0.1) is 0 Å². The molecule has 142 valence electrons. The van der Waals surface area contributed by atoms with Gasteiger partial charge in [-0.05, 0) is 32.4 Å². The predicted octanol–water partition coefficient (Wildman–Crippen LogP) is 1.91. The third kappa shape index (κ3) is 3.67. The first-order valence-electron chi connectivity index (χ1n) is 9.43. The molecule has 0 bridgehead atoms. The summed E-state index contributed by atoms with van der Waals surface area (Å²) < 4.78 is 1.46. The van der Waals surface area contributed by atoms with Crippen LogP contribution in [-0.2, 0) is 17.8 Å². The van der Waals surface area contributed by atoms with Crippen molar-refractivity contribution >= 4 is 11.9 Å². The lowest BCUT2D eigenvalue weighted by atomic mass is 9.84. The molecule has 3 N–H and O–H groups in total. The van der Waals surface area contributed by atoms with Crippen LogP contribution >= 0.6 is 0 Å². The first-order chi connectivity index (χ1) is 12.4. The van der Waals surface area contributed by atoms with E-state index in [4.69, 9.17) is 10.8 Å². The number of primary amides is 1. The van der Waals surface area contributed by atoms with Crippen molar-refractivity contribution in [1.29, 1.82) is 0 Å². The first-order valence-corrected chi connectivity index (χ1v) is 9.43. The molecule has 0 spiro atoms. The van der Waals surface area contributed by atoms with Crippen LogP contribution in [0.5, 0.6) is 0 Å². The molecule has 1 aromatic rings.